The van der Waals surface area contributed by atoms with E-state index in [-0.39, 0.29) is 4.41 Å². The summed E-state index contributed by atoms with van der Waals surface area (Å²) in [7, 11) is -3.71. The van der Waals surface area contributed by atoms with Crippen LogP contribution >= 0.6 is 0 Å². The number of hydrazine groups is 1. The molecule has 0 aliphatic heterocycles. The summed E-state index contributed by atoms with van der Waals surface area (Å²) in [6, 6.07) is 0. The van der Waals surface area contributed by atoms with E-state index < -0.39 is 21.8 Å². The third-order valence-corrected chi connectivity index (χ3v) is 1.89. The number of carbonyl (C=O) groups is 2. The lowest BCUT2D eigenvalue weighted by Crippen LogP contribution is -2.47. The zero-order valence-electron chi connectivity index (χ0n) is 6.99. The summed E-state index contributed by atoms with van der Waals surface area (Å²) < 4.78 is 21.9. The number of carbonyl (C=O) groups excluding carboxylic acids is 2. The fraction of sp³-hybridized carbons (Fsp3) is 0.600. The second-order valence-electron chi connectivity index (χ2n) is 2.21. The van der Waals surface area contributed by atoms with Crippen LogP contribution in [-0.2, 0) is 19.6 Å². The number of sulfonamides is 1. The normalized spacial score (nSPS) is 10.6. The van der Waals surface area contributed by atoms with Gasteiger partial charge in [-0.2, -0.15) is 0 Å². The smallest absolute Gasteiger partial charge is 0.252 e. The number of hydrogen-bond donors (Lipinski definition) is 1. The van der Waals surface area contributed by atoms with Crippen LogP contribution in [0.1, 0.15) is 13.8 Å². The van der Waals surface area contributed by atoms with Crippen LogP contribution in [0, 0.1) is 0 Å². The van der Waals surface area contributed by atoms with Crippen molar-refractivity contribution >= 4 is 21.8 Å². The molecule has 0 radical (unpaired) electrons. The molecule has 12 heavy (non-hydrogen) atoms. The minimum atomic E-state index is -3.71. The number of hydrogen-bond acceptors (Lipinski definition) is 4. The van der Waals surface area contributed by atoms with Crippen LogP contribution in [0.3, 0.4) is 0 Å². The third kappa shape index (κ3) is 3.33. The van der Waals surface area contributed by atoms with Crippen molar-refractivity contribution in [2.24, 2.45) is 0 Å². The summed E-state index contributed by atoms with van der Waals surface area (Å²) in [5.41, 5.74) is 1.88. The Hall–Kier alpha value is -1.11. The predicted molar refractivity (Wildman–Crippen MR) is 41.2 cm³/mol. The van der Waals surface area contributed by atoms with Crippen molar-refractivity contribution in [1.29, 1.82) is 0 Å². The molecule has 0 aromatic heterocycles. The van der Waals surface area contributed by atoms with E-state index in [4.69, 9.17) is 0 Å². The van der Waals surface area contributed by atoms with Crippen molar-refractivity contribution < 1.29 is 18.0 Å². The topological polar surface area (TPSA) is 83.6 Å². The van der Waals surface area contributed by atoms with Crippen LogP contribution in [-0.4, -0.2) is 30.9 Å². The Kier molecular flexibility index (Phi) is 3.20. The van der Waals surface area contributed by atoms with E-state index in [0.29, 0.717) is 0 Å². The number of nitrogens with one attached hydrogen (secondary N) is 1. The van der Waals surface area contributed by atoms with Gasteiger partial charge in [-0.25, -0.2) is 8.42 Å². The predicted octanol–water partition coefficient (Wildman–Crippen LogP) is -1.15. The SMILES string of the molecule is CC(=O)NN(C(C)=O)S(C)(=O)=O. The summed E-state index contributed by atoms with van der Waals surface area (Å²) in [5.74, 6) is -1.37. The molecular formula is C5H10N2O4S. The molecule has 0 bridgehead atoms. The van der Waals surface area contributed by atoms with E-state index >= 15 is 0 Å². The average Bonchev–Trinajstić information content (AvgIpc) is 1.79. The van der Waals surface area contributed by atoms with E-state index in [0.717, 1.165) is 20.1 Å². The molecule has 0 aromatic rings. The van der Waals surface area contributed by atoms with E-state index in [2.05, 4.69) is 0 Å². The molecule has 0 saturated carbocycles. The lowest BCUT2D eigenvalue weighted by Gasteiger charge is -2.17. The van der Waals surface area contributed by atoms with Gasteiger partial charge in [0.2, 0.25) is 5.91 Å². The molecule has 1 N–H and O–H groups in total. The summed E-state index contributed by atoms with van der Waals surface area (Å²) in [5, 5.41) is 0. The van der Waals surface area contributed by atoms with Crippen molar-refractivity contribution in [1.82, 2.24) is 9.84 Å². The van der Waals surface area contributed by atoms with E-state index in [1.54, 1.807) is 0 Å². The van der Waals surface area contributed by atoms with Gasteiger partial charge in [0.05, 0.1) is 6.26 Å². The standard InChI is InChI=1S/C5H10N2O4S/c1-4(8)6-7(5(2)9)12(3,10)11/h1-3H3,(H,6,8). The van der Waals surface area contributed by atoms with Gasteiger partial charge in [-0.1, -0.05) is 0 Å². The van der Waals surface area contributed by atoms with Gasteiger partial charge in [-0.15, -0.1) is 4.41 Å². The molecule has 0 fully saturated rings. The van der Waals surface area contributed by atoms with Crippen LogP contribution in [0.2, 0.25) is 0 Å². The van der Waals surface area contributed by atoms with Gasteiger partial charge in [0.15, 0.2) is 0 Å². The average molecular weight is 194 g/mol. The van der Waals surface area contributed by atoms with E-state index in [1.807, 2.05) is 5.43 Å². The first kappa shape index (κ1) is 10.9. The molecule has 0 heterocycles. The lowest BCUT2D eigenvalue weighted by molar-refractivity contribution is -0.133. The second-order valence-corrected chi connectivity index (χ2v) is 4.05. The molecule has 0 spiro atoms. The minimum Gasteiger partial charge on any atom is -0.274 e. The Morgan fingerprint density at radius 2 is 1.67 bits per heavy atom. The van der Waals surface area contributed by atoms with Gasteiger partial charge in [0.25, 0.3) is 15.9 Å². The van der Waals surface area contributed by atoms with Crippen LogP contribution in [0.25, 0.3) is 0 Å². The third-order valence-electron chi connectivity index (χ3n) is 0.877. The molecule has 2 amide bonds. The molecule has 0 aromatic carbocycles. The van der Waals surface area contributed by atoms with Gasteiger partial charge >= 0.3 is 0 Å². The Balaban J connectivity index is 4.70. The fourth-order valence-corrected chi connectivity index (χ4v) is 1.30. The zero-order valence-corrected chi connectivity index (χ0v) is 7.80. The zero-order chi connectivity index (χ0) is 9.94. The second kappa shape index (κ2) is 3.53. The van der Waals surface area contributed by atoms with Crippen LogP contribution in [0.5, 0.6) is 0 Å². The van der Waals surface area contributed by atoms with Crippen molar-refractivity contribution in [3.05, 3.63) is 0 Å². The van der Waals surface area contributed by atoms with Gasteiger partial charge in [-0.05, 0) is 0 Å². The monoisotopic (exact) mass is 194 g/mol. The molecule has 0 rings (SSSR count). The number of rotatable bonds is 1. The molecule has 0 aliphatic rings. The van der Waals surface area contributed by atoms with Crippen LogP contribution < -0.4 is 5.43 Å². The quantitative estimate of drug-likeness (QED) is 0.534. The maximum Gasteiger partial charge on any atom is 0.252 e. The Labute approximate surface area is 70.6 Å². The molecule has 70 valence electrons. The van der Waals surface area contributed by atoms with Crippen molar-refractivity contribution in [3.63, 3.8) is 0 Å². The summed E-state index contributed by atoms with van der Waals surface area (Å²) >= 11 is 0. The van der Waals surface area contributed by atoms with E-state index in [1.165, 1.54) is 0 Å². The van der Waals surface area contributed by atoms with Gasteiger partial charge < -0.3 is 0 Å². The van der Waals surface area contributed by atoms with E-state index in [9.17, 15) is 18.0 Å². The van der Waals surface area contributed by atoms with Crippen molar-refractivity contribution in [3.8, 4) is 0 Å². The molecule has 0 unspecified atom stereocenters. The highest BCUT2D eigenvalue weighted by atomic mass is 32.2. The molecule has 0 atom stereocenters. The van der Waals surface area contributed by atoms with Gasteiger partial charge in [-0.3, -0.25) is 15.0 Å². The maximum atomic E-state index is 10.8. The van der Waals surface area contributed by atoms with Gasteiger partial charge in [0.1, 0.15) is 0 Å². The molecule has 0 saturated heterocycles. The fourth-order valence-electron chi connectivity index (χ4n) is 0.538. The largest absolute Gasteiger partial charge is 0.274 e. The minimum absolute atomic E-state index is 0.287. The molecule has 6 nitrogen and oxygen atoms in total. The highest BCUT2D eigenvalue weighted by Gasteiger charge is 2.20. The van der Waals surface area contributed by atoms with Crippen LogP contribution in [0.4, 0.5) is 0 Å². The Morgan fingerprint density at radius 1 is 1.25 bits per heavy atom. The highest BCUT2D eigenvalue weighted by Crippen LogP contribution is 1.92. The van der Waals surface area contributed by atoms with Gasteiger partial charge in [0, 0.05) is 13.8 Å². The first-order valence-electron chi connectivity index (χ1n) is 3.03. The summed E-state index contributed by atoms with van der Waals surface area (Å²) in [6.07, 6.45) is 0.824. The molecule has 7 heteroatoms. The number of amides is 2. The van der Waals surface area contributed by atoms with Crippen LogP contribution in [0.15, 0.2) is 0 Å². The molecule has 0 aliphatic carbocycles. The first-order valence-corrected chi connectivity index (χ1v) is 4.88. The number of nitrogens with zero attached hydrogens (tertiary/aromatic N) is 1. The Morgan fingerprint density at radius 3 is 1.75 bits per heavy atom. The maximum absolute atomic E-state index is 10.8. The summed E-state index contributed by atoms with van der Waals surface area (Å²) in [6.45, 7) is 2.15. The first-order chi connectivity index (χ1) is 5.25. The Bertz CT molecular complexity index is 295. The molecular weight excluding hydrogens is 184 g/mol. The highest BCUT2D eigenvalue weighted by molar-refractivity contribution is 7.88. The lowest BCUT2D eigenvalue weighted by atomic mass is 10.7. The van der Waals surface area contributed by atoms with Crippen molar-refractivity contribution in [2.45, 2.75) is 13.8 Å². The van der Waals surface area contributed by atoms with Crippen molar-refractivity contribution in [2.75, 3.05) is 6.26 Å². The summed E-state index contributed by atoms with van der Waals surface area (Å²) in [4.78, 5) is 21.1.